The van der Waals surface area contributed by atoms with Crippen molar-refractivity contribution in [3.05, 3.63) is 120 Å². The molecule has 36 heavy (non-hydrogen) atoms. The Bertz CT molecular complexity index is 1730. The monoisotopic (exact) mass is 490 g/mol. The van der Waals surface area contributed by atoms with Gasteiger partial charge in [0.1, 0.15) is 16.9 Å². The van der Waals surface area contributed by atoms with Crippen LogP contribution in [0.5, 0.6) is 5.75 Å². The molecule has 0 bridgehead atoms. The molecule has 0 N–H and O–H groups in total. The Labute approximate surface area is 211 Å². The lowest BCUT2D eigenvalue weighted by molar-refractivity contribution is -0.128. The summed E-state index contributed by atoms with van der Waals surface area (Å²) in [6.07, 6.45) is 5.00. The zero-order chi connectivity index (χ0) is 24.5. The molecule has 0 aliphatic carbocycles. The maximum absolute atomic E-state index is 12.7. The molecule has 0 radical (unpaired) electrons. The molecule has 0 aliphatic rings. The number of benzene rings is 4. The highest BCUT2D eigenvalue weighted by molar-refractivity contribution is 6.30. The van der Waals surface area contributed by atoms with Crippen LogP contribution in [0.2, 0.25) is 5.02 Å². The molecule has 0 fully saturated rings. The number of esters is 1. The van der Waals surface area contributed by atoms with Crippen molar-refractivity contribution in [1.29, 1.82) is 0 Å². The minimum atomic E-state index is -0.489. The van der Waals surface area contributed by atoms with Crippen LogP contribution in [-0.4, -0.2) is 15.7 Å². The van der Waals surface area contributed by atoms with Crippen LogP contribution < -0.4 is 4.74 Å². The Kier molecular flexibility index (Phi) is 5.60. The Hall–Kier alpha value is -4.61. The molecule has 2 aromatic heterocycles. The zero-order valence-corrected chi connectivity index (χ0v) is 19.7. The summed E-state index contributed by atoms with van der Waals surface area (Å²) in [6.45, 7) is 0. The van der Waals surface area contributed by atoms with Gasteiger partial charge < -0.3 is 9.15 Å². The van der Waals surface area contributed by atoms with Gasteiger partial charge in [-0.05, 0) is 54.6 Å². The average Bonchev–Trinajstić information content (AvgIpc) is 3.50. The van der Waals surface area contributed by atoms with E-state index in [0.717, 1.165) is 44.4 Å². The second kappa shape index (κ2) is 9.21. The molecule has 5 nitrogen and oxygen atoms in total. The molecule has 0 atom stereocenters. The maximum Gasteiger partial charge on any atom is 0.336 e. The minimum absolute atomic E-state index is 0.446. The van der Waals surface area contributed by atoms with Gasteiger partial charge in [-0.15, -0.1) is 0 Å². The van der Waals surface area contributed by atoms with E-state index in [9.17, 15) is 4.79 Å². The average molecular weight is 491 g/mol. The fraction of sp³-hybridized carbons (Fsp3) is 0. The fourth-order valence-electron chi connectivity index (χ4n) is 4.13. The van der Waals surface area contributed by atoms with Gasteiger partial charge in [-0.25, -0.2) is 9.48 Å². The number of hydrogen-bond acceptors (Lipinski definition) is 4. The highest BCUT2D eigenvalue weighted by Crippen LogP contribution is 2.31. The Morgan fingerprint density at radius 3 is 2.44 bits per heavy atom. The molecule has 4 aromatic carbocycles. The van der Waals surface area contributed by atoms with E-state index in [4.69, 9.17) is 25.9 Å². The first-order valence-corrected chi connectivity index (χ1v) is 11.7. The molecule has 174 valence electrons. The molecule has 0 saturated carbocycles. The first-order valence-electron chi connectivity index (χ1n) is 11.4. The number of rotatable bonds is 5. The van der Waals surface area contributed by atoms with Gasteiger partial charge in [-0.1, -0.05) is 60.1 Å². The Morgan fingerprint density at radius 1 is 0.861 bits per heavy atom. The van der Waals surface area contributed by atoms with E-state index >= 15 is 0 Å². The van der Waals surface area contributed by atoms with E-state index in [0.29, 0.717) is 10.8 Å². The van der Waals surface area contributed by atoms with Gasteiger partial charge in [0, 0.05) is 39.2 Å². The number of halogens is 1. The van der Waals surface area contributed by atoms with Crippen LogP contribution in [0.4, 0.5) is 0 Å². The summed E-state index contributed by atoms with van der Waals surface area (Å²) in [6, 6.07) is 30.4. The van der Waals surface area contributed by atoms with Crippen molar-refractivity contribution in [2.24, 2.45) is 0 Å². The SMILES string of the molecule is O=C(/C=C/c1cn(-c2ccccc2)nc1-c1ccc(Cl)cc1)Oc1ccc2oc3ccccc3c2c1. The van der Waals surface area contributed by atoms with Crippen molar-refractivity contribution in [2.75, 3.05) is 0 Å². The molecule has 6 aromatic rings. The van der Waals surface area contributed by atoms with Gasteiger partial charge in [0.05, 0.1) is 11.4 Å². The quantitative estimate of drug-likeness (QED) is 0.141. The van der Waals surface area contributed by atoms with E-state index in [1.54, 1.807) is 16.8 Å². The summed E-state index contributed by atoms with van der Waals surface area (Å²) >= 11 is 6.07. The summed E-state index contributed by atoms with van der Waals surface area (Å²) in [5, 5.41) is 7.27. The molecule has 0 unspecified atom stereocenters. The van der Waals surface area contributed by atoms with Crippen LogP contribution in [0, 0.1) is 0 Å². The second-order valence-corrected chi connectivity index (χ2v) is 8.67. The summed E-state index contributed by atoms with van der Waals surface area (Å²) in [5.41, 5.74) is 4.84. The van der Waals surface area contributed by atoms with Gasteiger partial charge in [-0.3, -0.25) is 0 Å². The Balaban J connectivity index is 1.30. The summed E-state index contributed by atoms with van der Waals surface area (Å²) < 4.78 is 13.2. The predicted molar refractivity (Wildman–Crippen MR) is 142 cm³/mol. The first-order chi connectivity index (χ1) is 17.6. The lowest BCUT2D eigenvalue weighted by Gasteiger charge is -2.02. The molecule has 2 heterocycles. The molecule has 6 rings (SSSR count). The molecule has 0 amide bonds. The summed E-state index contributed by atoms with van der Waals surface area (Å²) in [7, 11) is 0. The molecule has 0 aliphatic heterocycles. The van der Waals surface area contributed by atoms with Crippen LogP contribution in [0.15, 0.2) is 114 Å². The number of aromatic nitrogens is 2. The number of para-hydroxylation sites is 2. The van der Waals surface area contributed by atoms with Gasteiger partial charge >= 0.3 is 5.97 Å². The smallest absolute Gasteiger partial charge is 0.336 e. The highest BCUT2D eigenvalue weighted by Gasteiger charge is 2.12. The van der Waals surface area contributed by atoms with Crippen molar-refractivity contribution in [3.63, 3.8) is 0 Å². The molecular weight excluding hydrogens is 472 g/mol. The lowest BCUT2D eigenvalue weighted by atomic mass is 10.1. The first kappa shape index (κ1) is 21.9. The number of hydrogen-bond donors (Lipinski definition) is 0. The number of furan rings is 1. The fourth-order valence-corrected chi connectivity index (χ4v) is 4.26. The number of fused-ring (bicyclic) bond motifs is 3. The standard InChI is InChI=1S/C30H19ClN2O3/c31-22-13-10-20(11-14-22)30-21(19-33(32-30)23-6-2-1-3-7-23)12-17-29(34)35-24-15-16-28-26(18-24)25-8-4-5-9-27(25)36-28/h1-19H/b17-12+. The van der Waals surface area contributed by atoms with Gasteiger partial charge in [-0.2, -0.15) is 5.10 Å². The maximum atomic E-state index is 12.7. The van der Waals surface area contributed by atoms with Gasteiger partial charge in [0.2, 0.25) is 0 Å². The molecule has 6 heteroatoms. The van der Waals surface area contributed by atoms with E-state index in [1.807, 2.05) is 97.2 Å². The lowest BCUT2D eigenvalue weighted by Crippen LogP contribution is -2.03. The topological polar surface area (TPSA) is 57.3 Å². The molecule has 0 spiro atoms. The predicted octanol–water partition coefficient (Wildman–Crippen LogP) is 7.71. The normalized spacial score (nSPS) is 11.5. The van der Waals surface area contributed by atoms with Crippen molar-refractivity contribution in [1.82, 2.24) is 9.78 Å². The number of nitrogens with zero attached hydrogens (tertiary/aromatic N) is 2. The molecule has 0 saturated heterocycles. The number of carbonyl (C=O) groups excluding carboxylic acids is 1. The van der Waals surface area contributed by atoms with Crippen molar-refractivity contribution in [3.8, 4) is 22.7 Å². The van der Waals surface area contributed by atoms with Crippen molar-refractivity contribution < 1.29 is 13.9 Å². The van der Waals surface area contributed by atoms with E-state index in [2.05, 4.69) is 0 Å². The van der Waals surface area contributed by atoms with E-state index in [1.165, 1.54) is 6.08 Å². The molecular formula is C30H19ClN2O3. The van der Waals surface area contributed by atoms with Gasteiger partial charge in [0.25, 0.3) is 0 Å². The van der Waals surface area contributed by atoms with Crippen molar-refractivity contribution >= 4 is 45.6 Å². The van der Waals surface area contributed by atoms with E-state index in [-0.39, 0.29) is 0 Å². The zero-order valence-electron chi connectivity index (χ0n) is 19.0. The third-order valence-corrected chi connectivity index (χ3v) is 6.10. The number of carbonyl (C=O) groups is 1. The third kappa shape index (κ3) is 4.28. The number of ether oxygens (including phenoxy) is 1. The van der Waals surface area contributed by atoms with Crippen LogP contribution in [-0.2, 0) is 4.79 Å². The summed E-state index contributed by atoms with van der Waals surface area (Å²) in [4.78, 5) is 12.7. The van der Waals surface area contributed by atoms with Gasteiger partial charge in [0.15, 0.2) is 0 Å². The third-order valence-electron chi connectivity index (χ3n) is 5.85. The minimum Gasteiger partial charge on any atom is -0.456 e. The van der Waals surface area contributed by atoms with E-state index < -0.39 is 5.97 Å². The highest BCUT2D eigenvalue weighted by atomic mass is 35.5. The van der Waals surface area contributed by atoms with Crippen LogP contribution in [0.25, 0.3) is 45.0 Å². The second-order valence-electron chi connectivity index (χ2n) is 8.23. The van der Waals surface area contributed by atoms with Crippen molar-refractivity contribution in [2.45, 2.75) is 0 Å². The summed E-state index contributed by atoms with van der Waals surface area (Å²) in [5.74, 6) is -0.0433. The van der Waals surface area contributed by atoms with Crippen LogP contribution in [0.3, 0.4) is 0 Å². The van der Waals surface area contributed by atoms with Crippen LogP contribution in [0.1, 0.15) is 5.56 Å². The van der Waals surface area contributed by atoms with Crippen LogP contribution >= 0.6 is 11.6 Å². The largest absolute Gasteiger partial charge is 0.456 e. The Morgan fingerprint density at radius 2 is 1.61 bits per heavy atom.